The fraction of sp³-hybridized carbons (Fsp3) is 0.826. The third-order valence-corrected chi connectivity index (χ3v) is 15.8. The maximum Gasteiger partial charge on any atom is 0.161 e. The summed E-state index contributed by atoms with van der Waals surface area (Å²) in [5.74, 6) is 3.73. The topological polar surface area (TPSA) is 36.9 Å². The van der Waals surface area contributed by atoms with E-state index < -0.39 is 0 Å². The molecule has 0 fully saturated rings. The van der Waals surface area contributed by atoms with E-state index in [1.165, 1.54) is 242 Å². The zero-order chi connectivity index (χ0) is 54.2. The predicted molar refractivity (Wildman–Crippen MR) is 328 cm³/mol. The molecule has 0 atom stereocenters. The third-order valence-electron chi connectivity index (χ3n) is 15.8. The smallest absolute Gasteiger partial charge is 0.161 e. The van der Waals surface area contributed by atoms with E-state index in [4.69, 9.17) is 18.9 Å². The molecule has 6 nitrogen and oxygen atoms in total. The molecule has 2 rings (SSSR count). The SMILES string of the molecule is CCCCCCCCCCCCOc1ccc(C[N+](C)(C)CCC[N+](C)(C)Cc2ccc(OCCCCCCCCCCCC)c(OCCCCCCCCCCCC)c2)cc1OCCCCCCCCCCCC. The van der Waals surface area contributed by atoms with Crippen LogP contribution in [0.2, 0.25) is 0 Å². The Labute approximate surface area is 468 Å². The number of nitrogens with zero attached hydrogens (tertiary/aromatic N) is 2. The number of hydrogen-bond donors (Lipinski definition) is 0. The number of ether oxygens (including phenoxy) is 4. The van der Waals surface area contributed by atoms with Crippen LogP contribution in [0.5, 0.6) is 23.0 Å². The van der Waals surface area contributed by atoms with Crippen molar-refractivity contribution in [2.45, 2.75) is 304 Å². The molecule has 436 valence electrons. The first-order valence-electron chi connectivity index (χ1n) is 33.0. The molecule has 2 aromatic carbocycles. The second-order valence-corrected chi connectivity index (χ2v) is 24.7. The van der Waals surface area contributed by atoms with Gasteiger partial charge >= 0.3 is 0 Å². The van der Waals surface area contributed by atoms with Crippen molar-refractivity contribution >= 4 is 0 Å². The van der Waals surface area contributed by atoms with Crippen molar-refractivity contribution in [3.8, 4) is 23.0 Å². The molecule has 0 aliphatic heterocycles. The van der Waals surface area contributed by atoms with Gasteiger partial charge in [0, 0.05) is 17.5 Å². The summed E-state index contributed by atoms with van der Waals surface area (Å²) in [5.41, 5.74) is 2.66. The van der Waals surface area contributed by atoms with Crippen molar-refractivity contribution in [1.82, 2.24) is 0 Å². The highest BCUT2D eigenvalue weighted by Gasteiger charge is 2.23. The number of quaternary nitrogens is 2. The van der Waals surface area contributed by atoms with Crippen molar-refractivity contribution in [3.05, 3.63) is 47.5 Å². The van der Waals surface area contributed by atoms with Crippen molar-refractivity contribution < 1.29 is 27.9 Å². The van der Waals surface area contributed by atoms with Gasteiger partial charge in [0.1, 0.15) is 13.1 Å². The van der Waals surface area contributed by atoms with Crippen LogP contribution in [0.25, 0.3) is 0 Å². The second-order valence-electron chi connectivity index (χ2n) is 24.7. The van der Waals surface area contributed by atoms with Crippen molar-refractivity contribution in [2.75, 3.05) is 67.7 Å². The predicted octanol–water partition coefficient (Wildman–Crippen LogP) is 21.1. The monoisotopic (exact) mass is 1050 g/mol. The van der Waals surface area contributed by atoms with Crippen LogP contribution < -0.4 is 18.9 Å². The van der Waals surface area contributed by atoms with Gasteiger partial charge in [-0.1, -0.05) is 259 Å². The first kappa shape index (κ1) is 68.7. The fourth-order valence-corrected chi connectivity index (χ4v) is 10.9. The summed E-state index contributed by atoms with van der Waals surface area (Å²) in [7, 11) is 9.58. The van der Waals surface area contributed by atoms with E-state index in [2.05, 4.69) is 92.3 Å². The first-order chi connectivity index (χ1) is 36.6. The van der Waals surface area contributed by atoms with Crippen molar-refractivity contribution in [3.63, 3.8) is 0 Å². The summed E-state index contributed by atoms with van der Waals surface area (Å²) in [6.07, 6.45) is 54.5. The molecule has 6 heteroatoms. The third kappa shape index (κ3) is 39.6. The van der Waals surface area contributed by atoms with Crippen LogP contribution in [0.15, 0.2) is 36.4 Å². The van der Waals surface area contributed by atoms with Gasteiger partial charge in [-0.05, 0) is 62.1 Å². The molecule has 0 radical (unpaired) electrons. The Kier molecular flexibility index (Phi) is 43.5. The molecule has 0 heterocycles. The molecule has 0 aromatic heterocycles. The van der Waals surface area contributed by atoms with Crippen LogP contribution in [-0.2, 0) is 13.1 Å². The van der Waals surface area contributed by atoms with E-state index in [9.17, 15) is 0 Å². The Morgan fingerprint density at radius 3 is 0.707 bits per heavy atom. The average Bonchev–Trinajstić information content (AvgIpc) is 3.38. The molecule has 0 aliphatic rings. The van der Waals surface area contributed by atoms with E-state index in [1.807, 2.05) is 0 Å². The highest BCUT2D eigenvalue weighted by atomic mass is 16.5. The van der Waals surface area contributed by atoms with Crippen LogP contribution in [0.4, 0.5) is 0 Å². The lowest BCUT2D eigenvalue weighted by molar-refractivity contribution is -0.922. The highest BCUT2D eigenvalue weighted by molar-refractivity contribution is 5.43. The molecule has 0 bridgehead atoms. The standard InChI is InChI=1S/C69H128N2O4/c1-9-13-17-21-25-29-33-37-41-45-56-72-66-52-50-64(60-68(66)74-58-47-43-39-35-31-27-23-19-15-11-3)62-70(5,6)54-49-55-71(7,8)63-65-51-53-67(73-57-46-42-38-34-30-26-22-18-14-10-2)69(61-65)75-59-48-44-40-36-32-28-24-20-16-12-4/h50-53,60-61H,9-49,54-59,62-63H2,1-8H3/q+2. The van der Waals surface area contributed by atoms with Gasteiger partial charge in [-0.2, -0.15) is 0 Å². The lowest BCUT2D eigenvalue weighted by Crippen LogP contribution is -2.44. The van der Waals surface area contributed by atoms with Crippen LogP contribution in [0.1, 0.15) is 302 Å². The normalized spacial score (nSPS) is 11.9. The minimum absolute atomic E-state index is 0.766. The van der Waals surface area contributed by atoms with Gasteiger partial charge in [-0.25, -0.2) is 0 Å². The van der Waals surface area contributed by atoms with E-state index in [0.29, 0.717) is 0 Å². The average molecular weight is 1050 g/mol. The minimum Gasteiger partial charge on any atom is -0.490 e. The van der Waals surface area contributed by atoms with E-state index >= 15 is 0 Å². The minimum atomic E-state index is 0.766. The lowest BCUT2D eigenvalue weighted by Gasteiger charge is -2.34. The summed E-state index contributed by atoms with van der Waals surface area (Å²) in [4.78, 5) is 0. The Bertz CT molecular complexity index is 1440. The zero-order valence-corrected chi connectivity index (χ0v) is 51.6. The van der Waals surface area contributed by atoms with Crippen molar-refractivity contribution in [1.29, 1.82) is 0 Å². The Morgan fingerprint density at radius 1 is 0.253 bits per heavy atom. The highest BCUT2D eigenvalue weighted by Crippen LogP contribution is 2.32. The van der Waals surface area contributed by atoms with Gasteiger partial charge in [-0.15, -0.1) is 0 Å². The second kappa shape index (κ2) is 47.6. The summed E-state index contributed by atoms with van der Waals surface area (Å²) in [6.45, 7) is 16.5. The molecular weight excluding hydrogens is 921 g/mol. The zero-order valence-electron chi connectivity index (χ0n) is 51.6. The molecule has 75 heavy (non-hydrogen) atoms. The largest absolute Gasteiger partial charge is 0.490 e. The molecule has 0 saturated heterocycles. The number of hydrogen-bond acceptors (Lipinski definition) is 4. The molecule has 0 aliphatic carbocycles. The van der Waals surface area contributed by atoms with E-state index in [1.54, 1.807) is 0 Å². The van der Waals surface area contributed by atoms with Crippen LogP contribution >= 0.6 is 0 Å². The lowest BCUT2D eigenvalue weighted by atomic mass is 10.1. The van der Waals surface area contributed by atoms with Gasteiger partial charge in [0.15, 0.2) is 23.0 Å². The quantitative estimate of drug-likeness (QED) is 0.0489. The van der Waals surface area contributed by atoms with Gasteiger partial charge in [0.2, 0.25) is 0 Å². The summed E-state index contributed by atoms with van der Waals surface area (Å²) >= 11 is 0. The number of benzene rings is 2. The van der Waals surface area contributed by atoms with Gasteiger partial charge in [0.25, 0.3) is 0 Å². The molecular formula is C69H128N2O4+2. The number of rotatable bonds is 56. The summed E-state index contributed by atoms with van der Waals surface area (Å²) in [5, 5.41) is 0. The van der Waals surface area contributed by atoms with E-state index in [0.717, 1.165) is 117 Å². The molecule has 0 unspecified atom stereocenters. The van der Waals surface area contributed by atoms with Crippen LogP contribution in [-0.4, -0.2) is 76.7 Å². The fourth-order valence-electron chi connectivity index (χ4n) is 10.9. The Balaban J connectivity index is 1.95. The number of unbranched alkanes of at least 4 members (excludes halogenated alkanes) is 36. The maximum atomic E-state index is 6.57. The molecule has 0 amide bonds. The van der Waals surface area contributed by atoms with Gasteiger partial charge in [-0.3, -0.25) is 0 Å². The summed E-state index contributed by atoms with van der Waals surface area (Å²) in [6, 6.07) is 13.6. The Morgan fingerprint density at radius 2 is 0.467 bits per heavy atom. The molecule has 0 N–H and O–H groups in total. The van der Waals surface area contributed by atoms with Crippen LogP contribution in [0, 0.1) is 0 Å². The Hall–Kier alpha value is -2.44. The van der Waals surface area contributed by atoms with Gasteiger partial charge in [0.05, 0.1) is 67.7 Å². The maximum absolute atomic E-state index is 6.57. The molecule has 0 saturated carbocycles. The molecule has 0 spiro atoms. The van der Waals surface area contributed by atoms with Gasteiger partial charge < -0.3 is 27.9 Å². The first-order valence-corrected chi connectivity index (χ1v) is 33.0. The van der Waals surface area contributed by atoms with E-state index in [-0.39, 0.29) is 0 Å². The van der Waals surface area contributed by atoms with Crippen LogP contribution in [0.3, 0.4) is 0 Å². The van der Waals surface area contributed by atoms with Crippen molar-refractivity contribution in [2.24, 2.45) is 0 Å². The summed E-state index contributed by atoms with van der Waals surface area (Å²) < 4.78 is 28.0. The molecule has 2 aromatic rings.